The first-order valence-corrected chi connectivity index (χ1v) is 10.3. The van der Waals surface area contributed by atoms with Gasteiger partial charge in [0.05, 0.1) is 11.6 Å². The Balaban J connectivity index is 1.29. The number of amides is 1. The van der Waals surface area contributed by atoms with Gasteiger partial charge in [-0.15, -0.1) is 0 Å². The van der Waals surface area contributed by atoms with E-state index >= 15 is 0 Å². The molecule has 5 rings (SSSR count). The number of imidazole rings is 1. The second kappa shape index (κ2) is 7.57. The maximum absolute atomic E-state index is 13.0. The third kappa shape index (κ3) is 3.63. The van der Waals surface area contributed by atoms with Crippen molar-refractivity contribution in [3.05, 3.63) is 59.8 Å². The summed E-state index contributed by atoms with van der Waals surface area (Å²) in [5.74, 6) is 0.846. The number of hydrogen-bond donors (Lipinski definition) is 2. The van der Waals surface area contributed by atoms with Crippen molar-refractivity contribution in [1.29, 1.82) is 0 Å². The lowest BCUT2D eigenvalue weighted by atomic mass is 9.99. The molecule has 1 saturated heterocycles. The Kier molecular flexibility index (Phi) is 4.77. The topological polar surface area (TPSA) is 83.3 Å². The molecule has 29 heavy (non-hydrogen) atoms. The van der Waals surface area contributed by atoms with E-state index in [4.69, 9.17) is 4.98 Å². The van der Waals surface area contributed by atoms with Gasteiger partial charge in [0.25, 0.3) is 5.91 Å². The molecule has 0 aliphatic carbocycles. The second-order valence-electron chi connectivity index (χ2n) is 7.97. The molecule has 1 aromatic carbocycles. The van der Waals surface area contributed by atoms with Crippen molar-refractivity contribution in [3.8, 4) is 0 Å². The summed E-state index contributed by atoms with van der Waals surface area (Å²) in [7, 11) is 0. The van der Waals surface area contributed by atoms with Crippen LogP contribution in [0.15, 0.2) is 42.6 Å². The Morgan fingerprint density at radius 2 is 2.03 bits per heavy atom. The fourth-order valence-electron chi connectivity index (χ4n) is 4.35. The maximum Gasteiger partial charge on any atom is 0.274 e. The molecule has 2 aromatic heterocycles. The van der Waals surface area contributed by atoms with Crippen molar-refractivity contribution in [2.45, 2.75) is 25.5 Å². The van der Waals surface area contributed by atoms with Gasteiger partial charge in [-0.25, -0.2) is 4.98 Å². The van der Waals surface area contributed by atoms with E-state index in [0.29, 0.717) is 25.2 Å². The summed E-state index contributed by atoms with van der Waals surface area (Å²) in [5, 5.41) is 15.0. The number of benzene rings is 1. The second-order valence-corrected chi connectivity index (χ2v) is 7.97. The molecule has 2 aliphatic heterocycles. The Morgan fingerprint density at radius 3 is 2.97 bits per heavy atom. The van der Waals surface area contributed by atoms with Crippen molar-refractivity contribution < 1.29 is 9.90 Å². The average molecular weight is 391 g/mol. The number of rotatable bonds is 3. The van der Waals surface area contributed by atoms with Crippen LogP contribution in [0.1, 0.15) is 22.0 Å². The van der Waals surface area contributed by atoms with Crippen molar-refractivity contribution in [2.24, 2.45) is 5.92 Å². The number of pyridine rings is 1. The molecule has 0 spiro atoms. The number of carbonyl (C=O) groups is 1. The number of hydrogen-bond acceptors (Lipinski definition) is 5. The molecule has 0 radical (unpaired) electrons. The summed E-state index contributed by atoms with van der Waals surface area (Å²) in [6.07, 6.45) is 2.79. The predicted octanol–water partition coefficient (Wildman–Crippen LogP) is 1.25. The monoisotopic (exact) mass is 391 g/mol. The SMILES string of the molecule is O=C(c1cn2c(n1)CCNCC2)N1C[C@@H](Cc2ccc3ccccc3n2)[C@H](O)C1. The lowest BCUT2D eigenvalue weighted by Crippen LogP contribution is -2.30. The first kappa shape index (κ1) is 18.3. The Labute approximate surface area is 169 Å². The molecule has 0 bridgehead atoms. The van der Waals surface area contributed by atoms with Crippen LogP contribution in [-0.2, 0) is 19.4 Å². The third-order valence-electron chi connectivity index (χ3n) is 5.95. The van der Waals surface area contributed by atoms with Crippen LogP contribution in [0, 0.1) is 5.92 Å². The van der Waals surface area contributed by atoms with Crippen LogP contribution >= 0.6 is 0 Å². The van der Waals surface area contributed by atoms with E-state index in [0.717, 1.165) is 48.5 Å². The molecular formula is C22H25N5O2. The minimum absolute atomic E-state index is 0.0164. The van der Waals surface area contributed by atoms with Gasteiger partial charge in [-0.05, 0) is 18.6 Å². The van der Waals surface area contributed by atoms with Gasteiger partial charge in [-0.3, -0.25) is 9.78 Å². The smallest absolute Gasteiger partial charge is 0.274 e. The van der Waals surface area contributed by atoms with E-state index in [1.807, 2.05) is 36.5 Å². The van der Waals surface area contributed by atoms with Gasteiger partial charge in [0.1, 0.15) is 11.5 Å². The normalized spacial score (nSPS) is 21.9. The average Bonchev–Trinajstić information content (AvgIpc) is 3.23. The van der Waals surface area contributed by atoms with Gasteiger partial charge < -0.3 is 19.9 Å². The summed E-state index contributed by atoms with van der Waals surface area (Å²) in [4.78, 5) is 24.0. The summed E-state index contributed by atoms with van der Waals surface area (Å²) in [6.45, 7) is 3.47. The molecule has 7 nitrogen and oxygen atoms in total. The zero-order valence-corrected chi connectivity index (χ0v) is 16.3. The number of aromatic nitrogens is 3. The first-order valence-electron chi connectivity index (χ1n) is 10.3. The van der Waals surface area contributed by atoms with Crippen molar-refractivity contribution in [1.82, 2.24) is 24.8 Å². The van der Waals surface area contributed by atoms with E-state index in [1.165, 1.54) is 0 Å². The summed E-state index contributed by atoms with van der Waals surface area (Å²) < 4.78 is 2.07. The van der Waals surface area contributed by atoms with Crippen molar-refractivity contribution in [2.75, 3.05) is 26.2 Å². The summed E-state index contributed by atoms with van der Waals surface area (Å²) in [5.41, 5.74) is 2.39. The lowest BCUT2D eigenvalue weighted by Gasteiger charge is -2.15. The lowest BCUT2D eigenvalue weighted by molar-refractivity contribution is 0.0759. The zero-order valence-electron chi connectivity index (χ0n) is 16.3. The molecule has 0 saturated carbocycles. The number of likely N-dealkylation sites (tertiary alicyclic amines) is 1. The molecule has 4 heterocycles. The maximum atomic E-state index is 13.0. The highest BCUT2D eigenvalue weighted by Crippen LogP contribution is 2.24. The van der Waals surface area contributed by atoms with Gasteiger partial charge in [0.2, 0.25) is 0 Å². The first-order chi connectivity index (χ1) is 14.2. The van der Waals surface area contributed by atoms with Crippen LogP contribution in [-0.4, -0.2) is 62.7 Å². The number of aliphatic hydroxyl groups excluding tert-OH is 1. The van der Waals surface area contributed by atoms with Gasteiger partial charge in [0, 0.05) is 62.3 Å². The molecule has 2 N–H and O–H groups in total. The highest BCUT2D eigenvalue weighted by Gasteiger charge is 2.35. The largest absolute Gasteiger partial charge is 0.391 e. The van der Waals surface area contributed by atoms with Crippen molar-refractivity contribution in [3.63, 3.8) is 0 Å². The summed E-state index contributed by atoms with van der Waals surface area (Å²) >= 11 is 0. The number of β-amino-alcohol motifs (C(OH)–C–C–N with tert-alkyl or cyclic N) is 1. The van der Waals surface area contributed by atoms with Crippen LogP contribution in [0.3, 0.4) is 0 Å². The number of aliphatic hydroxyl groups is 1. The Morgan fingerprint density at radius 1 is 1.14 bits per heavy atom. The summed E-state index contributed by atoms with van der Waals surface area (Å²) in [6, 6.07) is 12.1. The number of nitrogens with zero attached hydrogens (tertiary/aromatic N) is 4. The molecule has 2 atom stereocenters. The van der Waals surface area contributed by atoms with Gasteiger partial charge in [-0.2, -0.15) is 0 Å². The van der Waals surface area contributed by atoms with Crippen LogP contribution < -0.4 is 5.32 Å². The van der Waals surface area contributed by atoms with Gasteiger partial charge in [0.15, 0.2) is 0 Å². The minimum Gasteiger partial charge on any atom is -0.391 e. The van der Waals surface area contributed by atoms with E-state index in [2.05, 4.69) is 20.9 Å². The molecule has 3 aromatic rings. The Hall–Kier alpha value is -2.77. The van der Waals surface area contributed by atoms with Gasteiger partial charge >= 0.3 is 0 Å². The molecule has 1 amide bonds. The molecule has 7 heteroatoms. The van der Waals surface area contributed by atoms with Crippen LogP contribution in [0.2, 0.25) is 0 Å². The van der Waals surface area contributed by atoms with Crippen LogP contribution in [0.4, 0.5) is 0 Å². The minimum atomic E-state index is -0.545. The Bertz CT molecular complexity index is 1020. The van der Waals surface area contributed by atoms with Gasteiger partial charge in [-0.1, -0.05) is 24.3 Å². The van der Waals surface area contributed by atoms with E-state index in [1.54, 1.807) is 4.90 Å². The fourth-order valence-corrected chi connectivity index (χ4v) is 4.35. The molecule has 1 fully saturated rings. The number of nitrogens with one attached hydrogen (secondary N) is 1. The number of fused-ring (bicyclic) bond motifs is 2. The standard InChI is InChI=1S/C22H25N5O2/c28-20-14-27(22(29)19-13-26-10-9-23-8-7-21(26)25-19)12-16(20)11-17-6-5-15-3-1-2-4-18(15)24-17/h1-6,13,16,20,23,28H,7-12,14H2/t16-,20-/m1/s1. The fraction of sp³-hybridized carbons (Fsp3) is 0.409. The molecule has 0 unspecified atom stereocenters. The van der Waals surface area contributed by atoms with E-state index in [-0.39, 0.29) is 11.8 Å². The van der Waals surface area contributed by atoms with Crippen LogP contribution in [0.5, 0.6) is 0 Å². The van der Waals surface area contributed by atoms with E-state index < -0.39 is 6.10 Å². The third-order valence-corrected chi connectivity index (χ3v) is 5.95. The number of carbonyl (C=O) groups excluding carboxylic acids is 1. The zero-order chi connectivity index (χ0) is 19.8. The van der Waals surface area contributed by atoms with E-state index in [9.17, 15) is 9.90 Å². The predicted molar refractivity (Wildman–Crippen MR) is 110 cm³/mol. The molecular weight excluding hydrogens is 366 g/mol. The van der Waals surface area contributed by atoms with Crippen LogP contribution in [0.25, 0.3) is 10.9 Å². The molecule has 2 aliphatic rings. The molecule has 150 valence electrons. The number of para-hydroxylation sites is 1. The van der Waals surface area contributed by atoms with Crippen molar-refractivity contribution >= 4 is 16.8 Å². The highest BCUT2D eigenvalue weighted by molar-refractivity contribution is 5.92. The quantitative estimate of drug-likeness (QED) is 0.702. The highest BCUT2D eigenvalue weighted by atomic mass is 16.3.